The second kappa shape index (κ2) is 12.2. The van der Waals surface area contributed by atoms with E-state index in [1.54, 1.807) is 79.7 Å². The zero-order valence-corrected chi connectivity index (χ0v) is 23.1. The van der Waals surface area contributed by atoms with Gasteiger partial charge in [0.25, 0.3) is 5.56 Å². The molecule has 0 spiro atoms. The average molecular weight is 613 g/mol. The summed E-state index contributed by atoms with van der Waals surface area (Å²) in [6.45, 7) is 1.74. The summed E-state index contributed by atoms with van der Waals surface area (Å²) in [6, 6.07) is 20.2. The van der Waals surface area contributed by atoms with Crippen LogP contribution < -0.4 is 10.7 Å². The van der Waals surface area contributed by atoms with Gasteiger partial charge in [-0.25, -0.2) is 9.67 Å². The molecule has 0 bridgehead atoms. The first kappa shape index (κ1) is 28.7. The van der Waals surface area contributed by atoms with Crippen molar-refractivity contribution in [3.63, 3.8) is 0 Å². The molecule has 1 aliphatic rings. The summed E-state index contributed by atoms with van der Waals surface area (Å²) < 4.78 is 1.38. The van der Waals surface area contributed by atoms with Gasteiger partial charge in [0.2, 0.25) is 0 Å². The number of aryl methyl sites for hydroxylation is 1. The van der Waals surface area contributed by atoms with E-state index in [0.29, 0.717) is 43.8 Å². The van der Waals surface area contributed by atoms with Crippen LogP contribution in [0.2, 0.25) is 10.0 Å². The fraction of sp³-hybridized carbons (Fsp3) is 0.0357. The maximum absolute atomic E-state index is 13.0. The zero-order chi connectivity index (χ0) is 27.5. The normalized spacial score (nSPS) is 13.6. The maximum atomic E-state index is 13.0. The van der Waals surface area contributed by atoms with Crippen LogP contribution in [-0.4, -0.2) is 39.3 Å². The number of nitrogens with zero attached hydrogens (tertiary/aromatic N) is 6. The van der Waals surface area contributed by atoms with Crippen molar-refractivity contribution < 1.29 is 21.6 Å². The number of hydrogen-bond acceptors (Lipinski definition) is 5. The Labute approximate surface area is 248 Å². The third-order valence-electron chi connectivity index (χ3n) is 5.80. The number of fused-ring (bicyclic) bond motifs is 1. The molecule has 2 heterocycles. The first-order chi connectivity index (χ1) is 18.9. The molecule has 3 aromatic carbocycles. The number of benzene rings is 3. The van der Waals surface area contributed by atoms with E-state index in [1.165, 1.54) is 10.9 Å². The molecule has 0 radical (unpaired) electrons. The summed E-state index contributed by atoms with van der Waals surface area (Å²) in [5, 5.41) is 35.0. The van der Waals surface area contributed by atoms with Crippen molar-refractivity contribution in [3.8, 4) is 5.69 Å². The van der Waals surface area contributed by atoms with E-state index in [1.807, 2.05) is 5.87 Å². The van der Waals surface area contributed by atoms with Gasteiger partial charge in [0.05, 0.1) is 28.9 Å². The molecule has 0 atom stereocenters. The van der Waals surface area contributed by atoms with E-state index in [2.05, 4.69) is 25.3 Å². The van der Waals surface area contributed by atoms with Crippen LogP contribution in [0.3, 0.4) is 0 Å². The van der Waals surface area contributed by atoms with E-state index >= 15 is 0 Å². The van der Waals surface area contributed by atoms with Crippen LogP contribution in [0.4, 0.5) is 5.69 Å². The monoisotopic (exact) mass is 611 g/mol. The smallest absolute Gasteiger partial charge is 0.858 e. The minimum atomic E-state index is -0.746. The Balaban J connectivity index is 0.00000370. The topological polar surface area (TPSA) is 133 Å². The van der Waals surface area contributed by atoms with E-state index in [0.717, 1.165) is 0 Å². The molecular formula is C28H17Cl2N7NiO2. The number of H-pyrrole nitrogens is 1. The SMILES string of the molecule is Cc1[nH]n(-c2ccc(Cl)cc2)c(=O)c1C=NN=C1N=C(C(=C=[N-])C([O-])=Nc2ccc(Cl)cc2)c2ccccc21.[Ni+2]. The molecule has 1 aromatic heterocycles. The van der Waals surface area contributed by atoms with Crippen molar-refractivity contribution in [1.82, 2.24) is 9.78 Å². The van der Waals surface area contributed by atoms with Crippen LogP contribution in [-0.2, 0) is 16.5 Å². The van der Waals surface area contributed by atoms with Crippen molar-refractivity contribution >= 4 is 58.4 Å². The van der Waals surface area contributed by atoms with Crippen molar-refractivity contribution in [3.05, 3.63) is 127 Å². The van der Waals surface area contributed by atoms with E-state index in [4.69, 9.17) is 23.2 Å². The van der Waals surface area contributed by atoms with Gasteiger partial charge >= 0.3 is 16.5 Å². The summed E-state index contributed by atoms with van der Waals surface area (Å²) in [4.78, 5) is 21.4. The summed E-state index contributed by atoms with van der Waals surface area (Å²) in [6.07, 6.45) is 1.33. The third-order valence-corrected chi connectivity index (χ3v) is 6.31. The molecule has 0 unspecified atom stereocenters. The van der Waals surface area contributed by atoms with Crippen LogP contribution >= 0.6 is 23.2 Å². The molecular weight excluding hydrogens is 596 g/mol. The number of aromatic nitrogens is 2. The van der Waals surface area contributed by atoms with Crippen LogP contribution in [0, 0.1) is 6.92 Å². The minimum absolute atomic E-state index is 0. The number of rotatable bonds is 6. The van der Waals surface area contributed by atoms with Crippen LogP contribution in [0.5, 0.6) is 0 Å². The van der Waals surface area contributed by atoms with E-state index in [9.17, 15) is 15.3 Å². The molecule has 1 aliphatic heterocycles. The van der Waals surface area contributed by atoms with Gasteiger partial charge in [-0.3, -0.25) is 20.8 Å². The number of halogens is 2. The molecule has 200 valence electrons. The van der Waals surface area contributed by atoms with Gasteiger partial charge in [0, 0.05) is 38.3 Å². The molecule has 9 nitrogen and oxygen atoms in total. The first-order valence-electron chi connectivity index (χ1n) is 11.5. The first-order valence-corrected chi connectivity index (χ1v) is 12.3. The molecule has 0 aliphatic carbocycles. The number of amidine groups is 1. The number of aromatic amines is 1. The van der Waals surface area contributed by atoms with Gasteiger partial charge < -0.3 is 10.5 Å². The number of aliphatic imine (C=N–C) groups is 2. The zero-order valence-electron chi connectivity index (χ0n) is 20.6. The van der Waals surface area contributed by atoms with E-state index in [-0.39, 0.29) is 39.2 Å². The minimum Gasteiger partial charge on any atom is -0.858 e. The van der Waals surface area contributed by atoms with Gasteiger partial charge in [-0.15, -0.1) is 5.10 Å². The average Bonchev–Trinajstić information content (AvgIpc) is 3.43. The third kappa shape index (κ3) is 5.81. The maximum Gasteiger partial charge on any atom is 2.00 e. The number of nitrogens with one attached hydrogen (secondary N) is 1. The summed E-state index contributed by atoms with van der Waals surface area (Å²) in [5.41, 5.74) is 2.59. The van der Waals surface area contributed by atoms with Crippen molar-refractivity contribution in [1.29, 1.82) is 0 Å². The van der Waals surface area contributed by atoms with E-state index < -0.39 is 5.90 Å². The summed E-state index contributed by atoms with van der Waals surface area (Å²) in [7, 11) is 0. The second-order valence-corrected chi connectivity index (χ2v) is 9.19. The molecule has 0 fully saturated rings. The molecule has 12 heteroatoms. The Kier molecular flexibility index (Phi) is 8.78. The molecule has 40 heavy (non-hydrogen) atoms. The van der Waals surface area contributed by atoms with Gasteiger partial charge in [-0.2, -0.15) is 5.10 Å². The predicted molar refractivity (Wildman–Crippen MR) is 154 cm³/mol. The van der Waals surface area contributed by atoms with Gasteiger partial charge in [0.1, 0.15) is 0 Å². The Bertz CT molecular complexity index is 1810. The van der Waals surface area contributed by atoms with Gasteiger partial charge in [-0.1, -0.05) is 47.5 Å². The molecule has 0 saturated heterocycles. The van der Waals surface area contributed by atoms with Crippen LogP contribution in [0.15, 0.2) is 103 Å². The second-order valence-electron chi connectivity index (χ2n) is 8.32. The van der Waals surface area contributed by atoms with Crippen LogP contribution in [0.1, 0.15) is 22.4 Å². The Morgan fingerprint density at radius 3 is 2.30 bits per heavy atom. The fourth-order valence-electron chi connectivity index (χ4n) is 3.89. The van der Waals surface area contributed by atoms with Crippen molar-refractivity contribution in [2.45, 2.75) is 6.92 Å². The molecule has 1 N–H and O–H groups in total. The molecule has 5 rings (SSSR count). The van der Waals surface area contributed by atoms with Crippen LogP contribution in [0.25, 0.3) is 11.1 Å². The quantitative estimate of drug-likeness (QED) is 0.147. The Morgan fingerprint density at radius 2 is 1.65 bits per heavy atom. The van der Waals surface area contributed by atoms with Gasteiger partial charge in [0.15, 0.2) is 5.84 Å². The number of hydrogen-bond donors (Lipinski definition) is 1. The van der Waals surface area contributed by atoms with Crippen molar-refractivity contribution in [2.75, 3.05) is 0 Å². The molecule has 0 saturated carbocycles. The molecule has 0 amide bonds. The Hall–Kier alpha value is -4.33. The molecule has 4 aromatic rings. The standard InChI is InChI=1S/C28H18Cl2N7O2.Ni/c1-16-24(28(39)37(36-16)20-12-8-18(30)9-13-20)15-32-35-26-22-5-3-2-4-21(22)25(34-26)23(14-31)27(38)33-19-10-6-17(29)7-11-19;/h2-13,15,36H,1H3,(H,33,38);/q-1;+2/p-1. The Morgan fingerprint density at radius 1 is 1.02 bits per heavy atom. The summed E-state index contributed by atoms with van der Waals surface area (Å²) >= 11 is 11.8. The summed E-state index contributed by atoms with van der Waals surface area (Å²) in [5.74, 6) is 1.37. The van der Waals surface area contributed by atoms with Crippen molar-refractivity contribution in [2.24, 2.45) is 20.2 Å². The largest absolute Gasteiger partial charge is 2.00 e. The van der Waals surface area contributed by atoms with Gasteiger partial charge in [-0.05, 0) is 55.5 Å². The predicted octanol–water partition coefficient (Wildman–Crippen LogP) is 4.62. The fourth-order valence-corrected chi connectivity index (χ4v) is 4.15.